The normalized spacial score (nSPS) is 23.3. The molecule has 5 heteroatoms. The van der Waals surface area contributed by atoms with Crippen LogP contribution in [0.1, 0.15) is 12.8 Å². The van der Waals surface area contributed by atoms with E-state index in [0.717, 1.165) is 12.1 Å². The monoisotopic (exact) mass is 735 g/mol. The van der Waals surface area contributed by atoms with Crippen molar-refractivity contribution in [3.05, 3.63) is 30.3 Å². The third-order valence-electron chi connectivity index (χ3n) is 3.56. The molecule has 0 N–H and O–H groups in total. The summed E-state index contributed by atoms with van der Waals surface area (Å²) in [5.41, 5.74) is 1.46. The summed E-state index contributed by atoms with van der Waals surface area (Å²) in [6.45, 7) is 0. The van der Waals surface area contributed by atoms with Gasteiger partial charge in [-0.15, -0.1) is 0 Å². The average Bonchev–Trinajstić information content (AvgIpc) is 2.74. The van der Waals surface area contributed by atoms with Crippen molar-refractivity contribution in [3.8, 4) is 0 Å². The minimum atomic E-state index is -0.689. The summed E-state index contributed by atoms with van der Waals surface area (Å²) in [7, 11) is 0. The predicted octanol–water partition coefficient (Wildman–Crippen LogP) is 4.65. The van der Waals surface area contributed by atoms with E-state index in [1.807, 2.05) is 0 Å². The molecule has 17 heavy (non-hydrogen) atoms. The quantitative estimate of drug-likeness (QED) is 0.399. The Morgan fingerprint density at radius 1 is 1.00 bits per heavy atom. The van der Waals surface area contributed by atoms with Crippen LogP contribution in [0.25, 0.3) is 0 Å². The summed E-state index contributed by atoms with van der Waals surface area (Å²) in [4.78, 5) is 2.75. The zero-order chi connectivity index (χ0) is 12.1. The van der Waals surface area contributed by atoms with Crippen LogP contribution in [0.3, 0.4) is 0 Å². The molecule has 1 heterocycles. The Bertz CT molecular complexity index is 323. The summed E-state index contributed by atoms with van der Waals surface area (Å²) in [6.07, 6.45) is 2.85. The molecular formula is C12H15Br2Hg2N. The number of benzene rings is 1. The summed E-state index contributed by atoms with van der Waals surface area (Å²) < 4.78 is 2.98. The van der Waals surface area contributed by atoms with E-state index in [1.165, 1.54) is 26.4 Å². The van der Waals surface area contributed by atoms with Gasteiger partial charge in [0.1, 0.15) is 0 Å². The second kappa shape index (κ2) is 8.21. The van der Waals surface area contributed by atoms with Gasteiger partial charge in [0.15, 0.2) is 0 Å². The van der Waals surface area contributed by atoms with Crippen molar-refractivity contribution in [1.29, 1.82) is 0 Å². The first-order valence-electron chi connectivity index (χ1n) is 6.32. The van der Waals surface area contributed by atoms with Crippen molar-refractivity contribution in [3.63, 3.8) is 0 Å². The van der Waals surface area contributed by atoms with Gasteiger partial charge in [-0.2, -0.15) is 0 Å². The van der Waals surface area contributed by atoms with E-state index in [0.29, 0.717) is 0 Å². The first-order chi connectivity index (χ1) is 8.36. The van der Waals surface area contributed by atoms with Crippen LogP contribution in [0.2, 0.25) is 7.86 Å². The molecule has 2 unspecified atom stereocenters. The molecule has 2 rings (SSSR count). The zero-order valence-corrected chi connectivity index (χ0v) is 24.2. The molecule has 1 aromatic rings. The Kier molecular flexibility index (Phi) is 7.36. The molecule has 2 atom stereocenters. The summed E-state index contributed by atoms with van der Waals surface area (Å²) in [5.74, 6) is 0. The van der Waals surface area contributed by atoms with E-state index >= 15 is 0 Å². The van der Waals surface area contributed by atoms with E-state index in [1.54, 1.807) is 0 Å². The Labute approximate surface area is 139 Å². The molecule has 1 nitrogen and oxygen atoms in total. The fraction of sp³-hybridized carbons (Fsp3) is 0.500. The summed E-state index contributed by atoms with van der Waals surface area (Å²) in [6, 6.07) is 12.8. The van der Waals surface area contributed by atoms with Gasteiger partial charge in [0.05, 0.1) is 0 Å². The zero-order valence-electron chi connectivity index (χ0n) is 9.99. The molecule has 0 aromatic heterocycles. The van der Waals surface area contributed by atoms with Gasteiger partial charge < -0.3 is 0 Å². The molecule has 86 valence electrons. The third kappa shape index (κ3) is 4.16. The van der Waals surface area contributed by atoms with Gasteiger partial charge in [0, 0.05) is 0 Å². The molecule has 1 aromatic carbocycles. The van der Waals surface area contributed by atoms with Gasteiger partial charge in [-0.3, -0.25) is 0 Å². The van der Waals surface area contributed by atoms with Gasteiger partial charge in [0.25, 0.3) is 0 Å². The van der Waals surface area contributed by atoms with Crippen LogP contribution in [-0.4, -0.2) is 12.1 Å². The molecule has 0 radical (unpaired) electrons. The predicted molar refractivity (Wildman–Crippen MR) is 73.2 cm³/mol. The maximum atomic E-state index is 3.82. The fourth-order valence-electron chi connectivity index (χ4n) is 2.80. The standard InChI is InChI=1S/C12H15N.2BrH.2Hg/c1-10-8-9-11(2)13(10)12-6-4-3-5-7-12;;;;/h3-7,10-11H,1-2,8-9H2;2*1H;;/q;;;2*+1/p-2. The van der Waals surface area contributed by atoms with Crippen molar-refractivity contribution in [2.45, 2.75) is 32.8 Å². The van der Waals surface area contributed by atoms with Gasteiger partial charge in [-0.1, -0.05) is 0 Å². The van der Waals surface area contributed by atoms with Crippen molar-refractivity contribution in [2.24, 2.45) is 0 Å². The van der Waals surface area contributed by atoms with Crippen molar-refractivity contribution in [2.75, 3.05) is 4.90 Å². The maximum absolute atomic E-state index is 3.82. The number of rotatable bonds is 5. The van der Waals surface area contributed by atoms with E-state index in [2.05, 4.69) is 59.0 Å². The van der Waals surface area contributed by atoms with Crippen LogP contribution in [0, 0.1) is 0 Å². The summed E-state index contributed by atoms with van der Waals surface area (Å²) >= 11 is 6.26. The van der Waals surface area contributed by atoms with Crippen LogP contribution in [0.5, 0.6) is 0 Å². The van der Waals surface area contributed by atoms with E-state index in [4.69, 9.17) is 0 Å². The molecule has 1 aliphatic rings. The number of para-hydroxylation sites is 1. The fourth-order valence-corrected chi connectivity index (χ4v) is 18.4. The molecule has 1 fully saturated rings. The van der Waals surface area contributed by atoms with E-state index in [-0.39, 0.29) is 0 Å². The Hall–Kier alpha value is 1.85. The van der Waals surface area contributed by atoms with Gasteiger partial charge in [0.2, 0.25) is 0 Å². The number of anilines is 1. The topological polar surface area (TPSA) is 3.24 Å². The molecule has 0 saturated carbocycles. The first-order valence-corrected chi connectivity index (χ1v) is 37.9. The molecule has 0 amide bonds. The number of nitrogens with zero attached hydrogens (tertiary/aromatic N) is 1. The van der Waals surface area contributed by atoms with Gasteiger partial charge in [-0.25, -0.2) is 0 Å². The van der Waals surface area contributed by atoms with E-state index < -0.39 is 44.3 Å². The SMILES string of the molecule is [Br][Hg][CH2]C1CCC([CH2][Hg][Br])N1c1ccccc1. The molecule has 1 aliphatic heterocycles. The molecule has 0 spiro atoms. The molecule has 0 aliphatic carbocycles. The third-order valence-corrected chi connectivity index (χ3v) is 18.5. The van der Waals surface area contributed by atoms with Gasteiger partial charge in [-0.05, 0) is 0 Å². The van der Waals surface area contributed by atoms with Crippen LogP contribution in [-0.2, 0) is 44.3 Å². The Morgan fingerprint density at radius 2 is 1.53 bits per heavy atom. The Balaban J connectivity index is 2.17. The molecular weight excluding hydrogens is 719 g/mol. The number of halogens is 2. The molecule has 1 saturated heterocycles. The van der Waals surface area contributed by atoms with Crippen molar-refractivity contribution in [1.82, 2.24) is 0 Å². The second-order valence-corrected chi connectivity index (χ2v) is 25.9. The molecule has 0 bridgehead atoms. The van der Waals surface area contributed by atoms with Crippen LogP contribution >= 0.6 is 23.8 Å². The van der Waals surface area contributed by atoms with Crippen LogP contribution in [0.15, 0.2) is 30.3 Å². The van der Waals surface area contributed by atoms with Crippen LogP contribution in [0.4, 0.5) is 5.69 Å². The minimum absolute atomic E-state index is 0.689. The average molecular weight is 734 g/mol. The van der Waals surface area contributed by atoms with Crippen molar-refractivity contribution >= 4 is 29.5 Å². The first kappa shape index (κ1) is 15.2. The van der Waals surface area contributed by atoms with Gasteiger partial charge >= 0.3 is 142 Å². The number of hydrogen-bond acceptors (Lipinski definition) is 1. The van der Waals surface area contributed by atoms with Crippen molar-refractivity contribution < 1.29 is 44.3 Å². The second-order valence-electron chi connectivity index (χ2n) is 4.58. The van der Waals surface area contributed by atoms with E-state index in [9.17, 15) is 0 Å². The number of hydrogen-bond donors (Lipinski definition) is 0. The Morgan fingerprint density at radius 3 is 2.00 bits per heavy atom. The summed E-state index contributed by atoms with van der Waals surface area (Å²) in [5, 5.41) is 0. The van der Waals surface area contributed by atoms with Crippen LogP contribution < -0.4 is 4.90 Å².